The van der Waals surface area contributed by atoms with Crippen LogP contribution in [0.4, 0.5) is 0 Å². The lowest BCUT2D eigenvalue weighted by molar-refractivity contribution is 0.0695. The molecule has 0 radical (unpaired) electrons. The molecule has 19 heavy (non-hydrogen) atoms. The molecule has 7 heteroatoms. The number of nitrogens with zero attached hydrogens (tertiary/aromatic N) is 1. The topological polar surface area (TPSA) is 107 Å². The zero-order valence-electron chi connectivity index (χ0n) is 10.4. The van der Waals surface area contributed by atoms with E-state index < -0.39 is 16.0 Å². The highest BCUT2D eigenvalue weighted by molar-refractivity contribution is 7.89. The molecule has 0 saturated heterocycles. The lowest BCUT2D eigenvalue weighted by Gasteiger charge is -2.08. The summed E-state index contributed by atoms with van der Waals surface area (Å²) in [7, 11) is -3.78. The molecule has 0 aromatic heterocycles. The molecule has 0 bridgehead atoms. The summed E-state index contributed by atoms with van der Waals surface area (Å²) in [6.45, 7) is 1.79. The Bertz CT molecular complexity index is 617. The first-order valence-corrected chi connectivity index (χ1v) is 7.13. The van der Waals surface area contributed by atoms with Gasteiger partial charge in [0.15, 0.2) is 0 Å². The Hall–Kier alpha value is -1.91. The Morgan fingerprint density at radius 3 is 2.68 bits per heavy atom. The molecular weight excluding hydrogens is 268 g/mol. The SMILES string of the molecule is CCc1ccc(S(=O)(=O)NCCC#N)cc1C(=O)O. The van der Waals surface area contributed by atoms with E-state index in [0.29, 0.717) is 12.0 Å². The van der Waals surface area contributed by atoms with Crippen LogP contribution in [0, 0.1) is 11.3 Å². The van der Waals surface area contributed by atoms with Gasteiger partial charge >= 0.3 is 5.97 Å². The number of sulfonamides is 1. The highest BCUT2D eigenvalue weighted by Gasteiger charge is 2.17. The molecule has 0 amide bonds. The molecule has 0 saturated carbocycles. The van der Waals surface area contributed by atoms with Crippen molar-refractivity contribution in [3.05, 3.63) is 29.3 Å². The zero-order chi connectivity index (χ0) is 14.5. The monoisotopic (exact) mass is 282 g/mol. The third-order valence-corrected chi connectivity index (χ3v) is 3.99. The molecule has 0 fully saturated rings. The van der Waals surface area contributed by atoms with E-state index >= 15 is 0 Å². The molecule has 0 unspecified atom stereocenters. The fraction of sp³-hybridized carbons (Fsp3) is 0.333. The second kappa shape index (κ2) is 6.31. The first-order chi connectivity index (χ1) is 8.92. The highest BCUT2D eigenvalue weighted by Crippen LogP contribution is 2.17. The van der Waals surface area contributed by atoms with E-state index in [-0.39, 0.29) is 23.4 Å². The Morgan fingerprint density at radius 1 is 1.47 bits per heavy atom. The predicted molar refractivity (Wildman–Crippen MR) is 68.2 cm³/mol. The maximum Gasteiger partial charge on any atom is 0.336 e. The number of nitrogens with one attached hydrogen (secondary N) is 1. The predicted octanol–water partition coefficient (Wildman–Crippen LogP) is 1.14. The number of aromatic carboxylic acids is 1. The van der Waals surface area contributed by atoms with Gasteiger partial charge in [0, 0.05) is 13.0 Å². The average molecular weight is 282 g/mol. The Labute approximate surface area is 111 Å². The van der Waals surface area contributed by atoms with Gasteiger partial charge in [0.05, 0.1) is 16.5 Å². The van der Waals surface area contributed by atoms with Crippen molar-refractivity contribution in [3.63, 3.8) is 0 Å². The highest BCUT2D eigenvalue weighted by atomic mass is 32.2. The smallest absolute Gasteiger partial charge is 0.336 e. The van der Waals surface area contributed by atoms with Crippen LogP contribution in [-0.4, -0.2) is 26.0 Å². The van der Waals surface area contributed by atoms with E-state index in [2.05, 4.69) is 4.72 Å². The molecule has 0 aliphatic heterocycles. The van der Waals surface area contributed by atoms with Gasteiger partial charge in [-0.1, -0.05) is 13.0 Å². The maximum atomic E-state index is 11.9. The van der Waals surface area contributed by atoms with Gasteiger partial charge in [0.2, 0.25) is 10.0 Å². The van der Waals surface area contributed by atoms with Crippen LogP contribution >= 0.6 is 0 Å². The molecule has 102 valence electrons. The van der Waals surface area contributed by atoms with Crippen molar-refractivity contribution in [1.29, 1.82) is 5.26 Å². The third-order valence-electron chi connectivity index (χ3n) is 2.53. The van der Waals surface area contributed by atoms with Crippen molar-refractivity contribution >= 4 is 16.0 Å². The number of nitriles is 1. The second-order valence-corrected chi connectivity index (χ2v) is 5.55. The van der Waals surface area contributed by atoms with E-state index in [1.165, 1.54) is 12.1 Å². The van der Waals surface area contributed by atoms with Crippen molar-refractivity contribution in [3.8, 4) is 6.07 Å². The van der Waals surface area contributed by atoms with Gasteiger partial charge in [0.25, 0.3) is 0 Å². The number of rotatable bonds is 6. The summed E-state index contributed by atoms with van der Waals surface area (Å²) < 4.78 is 26.0. The Morgan fingerprint density at radius 2 is 2.16 bits per heavy atom. The Kier molecular flexibility index (Phi) is 5.03. The van der Waals surface area contributed by atoms with Gasteiger partial charge < -0.3 is 5.11 Å². The van der Waals surface area contributed by atoms with Crippen molar-refractivity contribution in [1.82, 2.24) is 4.72 Å². The van der Waals surface area contributed by atoms with E-state index in [4.69, 9.17) is 10.4 Å². The largest absolute Gasteiger partial charge is 0.478 e. The molecule has 1 aromatic rings. The van der Waals surface area contributed by atoms with Crippen LogP contribution in [0.3, 0.4) is 0 Å². The number of hydrogen-bond donors (Lipinski definition) is 2. The lowest BCUT2D eigenvalue weighted by atomic mass is 10.1. The molecular formula is C12H14N2O4S. The van der Waals surface area contributed by atoms with Crippen LogP contribution in [-0.2, 0) is 16.4 Å². The van der Waals surface area contributed by atoms with Crippen LogP contribution in [0.15, 0.2) is 23.1 Å². The molecule has 2 N–H and O–H groups in total. The number of aryl methyl sites for hydroxylation is 1. The molecule has 6 nitrogen and oxygen atoms in total. The van der Waals surface area contributed by atoms with Gasteiger partial charge in [-0.3, -0.25) is 0 Å². The summed E-state index contributed by atoms with van der Waals surface area (Å²) in [5.41, 5.74) is 0.550. The normalized spacial score (nSPS) is 10.9. The molecule has 0 heterocycles. The first kappa shape index (κ1) is 15.1. The quantitative estimate of drug-likeness (QED) is 0.761. The lowest BCUT2D eigenvalue weighted by Crippen LogP contribution is -2.25. The van der Waals surface area contributed by atoms with Gasteiger partial charge in [0.1, 0.15) is 0 Å². The van der Waals surface area contributed by atoms with E-state index in [9.17, 15) is 13.2 Å². The summed E-state index contributed by atoms with van der Waals surface area (Å²) in [5.74, 6) is -1.16. The number of carboxylic acids is 1. The molecule has 0 atom stereocenters. The van der Waals surface area contributed by atoms with Crippen LogP contribution in [0.25, 0.3) is 0 Å². The molecule has 1 rings (SSSR count). The third kappa shape index (κ3) is 3.77. The molecule has 0 aliphatic rings. The van der Waals surface area contributed by atoms with Gasteiger partial charge in [-0.05, 0) is 24.1 Å². The molecule has 0 spiro atoms. The van der Waals surface area contributed by atoms with Crippen LogP contribution in [0.2, 0.25) is 0 Å². The summed E-state index contributed by atoms with van der Waals surface area (Å²) in [5, 5.41) is 17.4. The number of hydrogen-bond acceptors (Lipinski definition) is 4. The van der Waals surface area contributed by atoms with Crippen molar-refractivity contribution in [2.75, 3.05) is 6.54 Å². The van der Waals surface area contributed by atoms with Crippen LogP contribution in [0.5, 0.6) is 0 Å². The summed E-state index contributed by atoms with van der Waals surface area (Å²) in [4.78, 5) is 11.0. The second-order valence-electron chi connectivity index (χ2n) is 3.78. The summed E-state index contributed by atoms with van der Waals surface area (Å²) in [6, 6.07) is 5.80. The van der Waals surface area contributed by atoms with Crippen LogP contribution < -0.4 is 4.72 Å². The van der Waals surface area contributed by atoms with E-state index in [1.807, 2.05) is 6.07 Å². The fourth-order valence-corrected chi connectivity index (χ4v) is 2.61. The number of carbonyl (C=O) groups is 1. The average Bonchev–Trinajstić information content (AvgIpc) is 2.38. The van der Waals surface area contributed by atoms with Crippen molar-refractivity contribution < 1.29 is 18.3 Å². The minimum absolute atomic E-state index is 0.00321. The van der Waals surface area contributed by atoms with Gasteiger partial charge in [-0.2, -0.15) is 5.26 Å². The number of benzene rings is 1. The van der Waals surface area contributed by atoms with Crippen molar-refractivity contribution in [2.24, 2.45) is 0 Å². The summed E-state index contributed by atoms with van der Waals surface area (Å²) >= 11 is 0. The van der Waals surface area contributed by atoms with Crippen molar-refractivity contribution in [2.45, 2.75) is 24.7 Å². The van der Waals surface area contributed by atoms with Gasteiger partial charge in [-0.25, -0.2) is 17.9 Å². The zero-order valence-corrected chi connectivity index (χ0v) is 11.2. The van der Waals surface area contributed by atoms with E-state index in [1.54, 1.807) is 6.92 Å². The standard InChI is InChI=1S/C12H14N2O4S/c1-2-9-4-5-10(8-11(9)12(15)16)19(17,18)14-7-3-6-13/h4-5,8,14H,2-3,7H2,1H3,(H,15,16). The molecule has 0 aliphatic carbocycles. The fourth-order valence-electron chi connectivity index (χ4n) is 1.55. The van der Waals surface area contributed by atoms with Crippen LogP contribution in [0.1, 0.15) is 29.3 Å². The minimum atomic E-state index is -3.78. The Balaban J connectivity index is 3.12. The number of carboxylic acid groups (broad SMARTS) is 1. The maximum absolute atomic E-state index is 11.9. The molecule has 1 aromatic carbocycles. The van der Waals surface area contributed by atoms with E-state index in [0.717, 1.165) is 6.07 Å². The minimum Gasteiger partial charge on any atom is -0.478 e. The van der Waals surface area contributed by atoms with Gasteiger partial charge in [-0.15, -0.1) is 0 Å². The first-order valence-electron chi connectivity index (χ1n) is 5.65. The summed E-state index contributed by atoms with van der Waals surface area (Å²) in [6.07, 6.45) is 0.557.